The van der Waals surface area contributed by atoms with Gasteiger partial charge in [0.05, 0.1) is 0 Å². The number of nitrogens with one attached hydrogen (secondary N) is 1. The van der Waals surface area contributed by atoms with Crippen LogP contribution in [0.1, 0.15) is 12.2 Å². The zero-order valence-corrected chi connectivity index (χ0v) is 14.9. The molecule has 1 N–H and O–H groups in total. The van der Waals surface area contributed by atoms with E-state index in [1.807, 2.05) is 63.8 Å². The maximum Gasteiger partial charge on any atom is 0.221 e. The lowest BCUT2D eigenvalue weighted by molar-refractivity contribution is -0.121. The maximum atomic E-state index is 12.1. The normalized spacial score (nSPS) is 11.3. The molecule has 0 atom stereocenters. The number of fused-ring (bicyclic) bond motifs is 2. The number of carbonyl (C=O) groups is 1. The Hall–Kier alpha value is -2.86. The molecule has 0 fully saturated rings. The minimum Gasteiger partial charge on any atom is -0.356 e. The molecule has 1 amide bonds. The highest BCUT2D eigenvalue weighted by molar-refractivity contribution is 6.31. The number of carbonyl (C=O) groups excluding carboxylic acids is 1. The molecule has 0 saturated heterocycles. The molecule has 0 aliphatic carbocycles. The molecule has 0 radical (unpaired) electrons. The van der Waals surface area contributed by atoms with Gasteiger partial charge in [0, 0.05) is 48.9 Å². The number of halogens is 1. The van der Waals surface area contributed by atoms with E-state index in [1.165, 1.54) is 0 Å². The van der Waals surface area contributed by atoms with Gasteiger partial charge in [0.1, 0.15) is 5.82 Å². The Bertz CT molecular complexity index is 1070. The summed E-state index contributed by atoms with van der Waals surface area (Å²) in [4.78, 5) is 12.1. The first-order valence-corrected chi connectivity index (χ1v) is 8.88. The number of hydrogen-bond acceptors (Lipinski definition) is 3. The molecular formula is C19H18ClN5O. The Labute approximate surface area is 155 Å². The Morgan fingerprint density at radius 3 is 2.96 bits per heavy atom. The number of rotatable bonds is 6. The monoisotopic (exact) mass is 367 g/mol. The lowest BCUT2D eigenvalue weighted by atomic mass is 10.2. The summed E-state index contributed by atoms with van der Waals surface area (Å²) in [5, 5.41) is 13.0. The van der Waals surface area contributed by atoms with Crippen LogP contribution in [-0.4, -0.2) is 31.6 Å². The Morgan fingerprint density at radius 1 is 1.12 bits per heavy atom. The topological polar surface area (TPSA) is 64.2 Å². The van der Waals surface area contributed by atoms with E-state index < -0.39 is 0 Å². The molecule has 26 heavy (non-hydrogen) atoms. The number of aromatic nitrogens is 4. The second kappa shape index (κ2) is 7.17. The summed E-state index contributed by atoms with van der Waals surface area (Å²) in [6.45, 7) is 1.15. The highest BCUT2D eigenvalue weighted by Gasteiger charge is 2.07. The van der Waals surface area contributed by atoms with Crippen LogP contribution in [0.15, 0.2) is 54.9 Å². The van der Waals surface area contributed by atoms with Gasteiger partial charge in [-0.3, -0.25) is 9.20 Å². The summed E-state index contributed by atoms with van der Waals surface area (Å²) in [7, 11) is 0. The van der Waals surface area contributed by atoms with Crippen LogP contribution in [0.4, 0.5) is 0 Å². The zero-order valence-electron chi connectivity index (χ0n) is 14.1. The van der Waals surface area contributed by atoms with E-state index in [-0.39, 0.29) is 5.91 Å². The second-order valence-electron chi connectivity index (χ2n) is 6.11. The number of amides is 1. The lowest BCUT2D eigenvalue weighted by Crippen LogP contribution is -2.27. The first kappa shape index (κ1) is 16.6. The third kappa shape index (κ3) is 3.41. The minimum atomic E-state index is 0.0164. The van der Waals surface area contributed by atoms with Crippen molar-refractivity contribution < 1.29 is 4.79 Å². The average molecular weight is 368 g/mol. The molecule has 0 bridgehead atoms. The standard InChI is InChI=1S/C19H18ClN5O/c20-15-5-4-14-7-11-24(16(14)13-15)12-8-19(26)21-9-6-18-23-22-17-3-1-2-10-25(17)18/h1-5,7,10-11,13H,6,8-9,12H2,(H,21,26). The molecule has 0 aliphatic rings. The molecular weight excluding hydrogens is 350 g/mol. The van der Waals surface area contributed by atoms with Gasteiger partial charge >= 0.3 is 0 Å². The van der Waals surface area contributed by atoms with Crippen molar-refractivity contribution in [3.8, 4) is 0 Å². The molecule has 4 aromatic rings. The van der Waals surface area contributed by atoms with E-state index in [9.17, 15) is 4.79 Å². The van der Waals surface area contributed by atoms with Crippen LogP contribution in [0, 0.1) is 0 Å². The number of nitrogens with zero attached hydrogens (tertiary/aromatic N) is 4. The molecule has 132 valence electrons. The SMILES string of the molecule is O=C(CCn1ccc2ccc(Cl)cc21)NCCc1nnc2ccccn12. The number of aryl methyl sites for hydroxylation is 1. The summed E-state index contributed by atoms with van der Waals surface area (Å²) in [6.07, 6.45) is 4.96. The van der Waals surface area contributed by atoms with E-state index in [1.54, 1.807) is 0 Å². The third-order valence-corrected chi connectivity index (χ3v) is 4.61. The van der Waals surface area contributed by atoms with Crippen LogP contribution in [0.5, 0.6) is 0 Å². The van der Waals surface area contributed by atoms with Crippen LogP contribution in [0.2, 0.25) is 5.02 Å². The van der Waals surface area contributed by atoms with Crippen molar-refractivity contribution in [1.29, 1.82) is 0 Å². The van der Waals surface area contributed by atoms with Gasteiger partial charge in [0.2, 0.25) is 5.91 Å². The molecule has 3 heterocycles. The van der Waals surface area contributed by atoms with Crippen molar-refractivity contribution in [2.45, 2.75) is 19.4 Å². The zero-order chi connectivity index (χ0) is 17.9. The lowest BCUT2D eigenvalue weighted by Gasteiger charge is -2.07. The van der Waals surface area contributed by atoms with Crippen molar-refractivity contribution in [3.05, 3.63) is 65.7 Å². The van der Waals surface area contributed by atoms with Crippen LogP contribution in [-0.2, 0) is 17.8 Å². The fourth-order valence-corrected chi connectivity index (χ4v) is 3.20. The van der Waals surface area contributed by atoms with Crippen LogP contribution in [0.3, 0.4) is 0 Å². The van der Waals surface area contributed by atoms with Crippen LogP contribution in [0.25, 0.3) is 16.6 Å². The molecule has 3 aromatic heterocycles. The fourth-order valence-electron chi connectivity index (χ4n) is 3.04. The van der Waals surface area contributed by atoms with E-state index in [4.69, 9.17) is 11.6 Å². The van der Waals surface area contributed by atoms with E-state index in [0.717, 1.165) is 22.4 Å². The van der Waals surface area contributed by atoms with Gasteiger partial charge in [-0.25, -0.2) is 0 Å². The van der Waals surface area contributed by atoms with Gasteiger partial charge < -0.3 is 9.88 Å². The summed E-state index contributed by atoms with van der Waals surface area (Å²) < 4.78 is 3.98. The van der Waals surface area contributed by atoms with Crippen molar-refractivity contribution in [2.24, 2.45) is 0 Å². The molecule has 0 spiro atoms. The first-order valence-electron chi connectivity index (χ1n) is 8.50. The van der Waals surface area contributed by atoms with Crippen LogP contribution >= 0.6 is 11.6 Å². The molecule has 7 heteroatoms. The summed E-state index contributed by atoms with van der Waals surface area (Å²) in [6, 6.07) is 13.6. The number of benzene rings is 1. The quantitative estimate of drug-likeness (QED) is 0.569. The second-order valence-corrected chi connectivity index (χ2v) is 6.54. The van der Waals surface area contributed by atoms with E-state index in [0.29, 0.717) is 31.0 Å². The third-order valence-electron chi connectivity index (χ3n) is 4.37. The van der Waals surface area contributed by atoms with Gasteiger partial charge in [-0.1, -0.05) is 23.7 Å². The molecule has 0 saturated carbocycles. The maximum absolute atomic E-state index is 12.1. The number of pyridine rings is 1. The Kier molecular flexibility index (Phi) is 4.58. The predicted octanol–water partition coefficient (Wildman–Crippen LogP) is 3.09. The van der Waals surface area contributed by atoms with E-state index >= 15 is 0 Å². The Morgan fingerprint density at radius 2 is 2.04 bits per heavy atom. The van der Waals surface area contributed by atoms with Gasteiger partial charge in [-0.15, -0.1) is 10.2 Å². The minimum absolute atomic E-state index is 0.0164. The van der Waals surface area contributed by atoms with Gasteiger partial charge in [-0.2, -0.15) is 0 Å². The summed E-state index contributed by atoms with van der Waals surface area (Å²) in [5.41, 5.74) is 1.85. The van der Waals surface area contributed by atoms with Crippen molar-refractivity contribution in [3.63, 3.8) is 0 Å². The van der Waals surface area contributed by atoms with E-state index in [2.05, 4.69) is 15.5 Å². The smallest absolute Gasteiger partial charge is 0.221 e. The predicted molar refractivity (Wildman–Crippen MR) is 101 cm³/mol. The molecule has 0 aliphatic heterocycles. The van der Waals surface area contributed by atoms with Crippen molar-refractivity contribution in [1.82, 2.24) is 24.5 Å². The largest absolute Gasteiger partial charge is 0.356 e. The van der Waals surface area contributed by atoms with Crippen LogP contribution < -0.4 is 5.32 Å². The molecule has 1 aromatic carbocycles. The molecule has 0 unspecified atom stereocenters. The van der Waals surface area contributed by atoms with Gasteiger partial charge in [-0.05, 0) is 35.7 Å². The van der Waals surface area contributed by atoms with Gasteiger partial charge in [0.15, 0.2) is 5.65 Å². The Balaban J connectivity index is 1.31. The number of hydrogen-bond donors (Lipinski definition) is 1. The molecule has 6 nitrogen and oxygen atoms in total. The highest BCUT2D eigenvalue weighted by Crippen LogP contribution is 2.20. The van der Waals surface area contributed by atoms with Crippen molar-refractivity contribution in [2.75, 3.05) is 6.54 Å². The summed E-state index contributed by atoms with van der Waals surface area (Å²) in [5.74, 6) is 0.856. The highest BCUT2D eigenvalue weighted by atomic mass is 35.5. The fraction of sp³-hybridized carbons (Fsp3) is 0.211. The average Bonchev–Trinajstić information content (AvgIpc) is 3.24. The van der Waals surface area contributed by atoms with Crippen molar-refractivity contribution >= 4 is 34.1 Å². The summed E-state index contributed by atoms with van der Waals surface area (Å²) >= 11 is 6.06. The first-order chi connectivity index (χ1) is 12.7. The molecule has 4 rings (SSSR count). The van der Waals surface area contributed by atoms with Gasteiger partial charge in [0.25, 0.3) is 0 Å².